The van der Waals surface area contributed by atoms with E-state index in [1.165, 1.54) is 19.2 Å². The van der Waals surface area contributed by atoms with Crippen LogP contribution in [0.3, 0.4) is 0 Å². The van der Waals surface area contributed by atoms with Crippen LogP contribution in [0.5, 0.6) is 5.75 Å². The van der Waals surface area contributed by atoms with Crippen LogP contribution in [0.4, 0.5) is 5.69 Å². The highest BCUT2D eigenvalue weighted by Gasteiger charge is 2.22. The molecule has 1 fully saturated rings. The molecule has 0 bridgehead atoms. The van der Waals surface area contributed by atoms with Gasteiger partial charge in [0.25, 0.3) is 15.9 Å². The molecule has 138 valence electrons. The summed E-state index contributed by atoms with van der Waals surface area (Å²) < 4.78 is 38.3. The second-order valence-corrected chi connectivity index (χ2v) is 7.42. The van der Waals surface area contributed by atoms with Crippen LogP contribution >= 0.6 is 0 Å². The number of nitrogens with one attached hydrogen (secondary N) is 1. The van der Waals surface area contributed by atoms with Crippen molar-refractivity contribution in [3.05, 3.63) is 54.1 Å². The number of carbonyl (C=O) groups excluding carboxylic acids is 1. The molecule has 8 heteroatoms. The summed E-state index contributed by atoms with van der Waals surface area (Å²) in [6.07, 6.45) is 0. The molecule has 1 aliphatic rings. The van der Waals surface area contributed by atoms with Gasteiger partial charge in [-0.25, -0.2) is 8.42 Å². The summed E-state index contributed by atoms with van der Waals surface area (Å²) in [6, 6.07) is 12.7. The Morgan fingerprint density at radius 2 is 1.85 bits per heavy atom. The van der Waals surface area contributed by atoms with Crippen molar-refractivity contribution in [2.45, 2.75) is 4.90 Å². The molecule has 1 N–H and O–H groups in total. The van der Waals surface area contributed by atoms with Crippen molar-refractivity contribution < 1.29 is 22.7 Å². The van der Waals surface area contributed by atoms with Crippen LogP contribution in [0.2, 0.25) is 0 Å². The van der Waals surface area contributed by atoms with Crippen molar-refractivity contribution in [3.8, 4) is 5.75 Å². The summed E-state index contributed by atoms with van der Waals surface area (Å²) in [5.74, 6) is 0.208. The number of rotatable bonds is 5. The first-order valence-corrected chi connectivity index (χ1v) is 9.62. The van der Waals surface area contributed by atoms with Crippen LogP contribution in [0.1, 0.15) is 10.4 Å². The fraction of sp³-hybridized carbons (Fsp3) is 0.278. The maximum absolute atomic E-state index is 12.7. The fourth-order valence-corrected chi connectivity index (χ4v) is 3.79. The third kappa shape index (κ3) is 3.97. The van der Waals surface area contributed by atoms with E-state index in [9.17, 15) is 13.2 Å². The lowest BCUT2D eigenvalue weighted by molar-refractivity contribution is 0.0302. The van der Waals surface area contributed by atoms with E-state index in [4.69, 9.17) is 9.47 Å². The van der Waals surface area contributed by atoms with Gasteiger partial charge in [0.05, 0.1) is 30.9 Å². The van der Waals surface area contributed by atoms with Crippen molar-refractivity contribution in [3.63, 3.8) is 0 Å². The number of ether oxygens (including phenoxy) is 2. The van der Waals surface area contributed by atoms with E-state index in [1.807, 2.05) is 0 Å². The molecule has 1 heterocycles. The number of carbonyl (C=O) groups is 1. The molecule has 0 saturated carbocycles. The fourth-order valence-electron chi connectivity index (χ4n) is 2.68. The van der Waals surface area contributed by atoms with Gasteiger partial charge in [0.15, 0.2) is 0 Å². The molecule has 7 nitrogen and oxygen atoms in total. The summed E-state index contributed by atoms with van der Waals surface area (Å²) in [6.45, 7) is 1.96. The molecule has 1 aliphatic heterocycles. The molecule has 0 aromatic heterocycles. The number of morpholine rings is 1. The number of anilines is 1. The molecule has 2 aromatic rings. The zero-order chi connectivity index (χ0) is 18.6. The zero-order valence-corrected chi connectivity index (χ0v) is 15.2. The van der Waals surface area contributed by atoms with Crippen molar-refractivity contribution in [1.29, 1.82) is 0 Å². The van der Waals surface area contributed by atoms with Gasteiger partial charge in [-0.05, 0) is 30.3 Å². The van der Waals surface area contributed by atoms with Crippen LogP contribution in [-0.4, -0.2) is 52.6 Å². The summed E-state index contributed by atoms with van der Waals surface area (Å²) >= 11 is 0. The number of benzene rings is 2. The lowest BCUT2D eigenvalue weighted by Gasteiger charge is -2.27. The lowest BCUT2D eigenvalue weighted by Crippen LogP contribution is -2.40. The van der Waals surface area contributed by atoms with Gasteiger partial charge >= 0.3 is 0 Å². The largest absolute Gasteiger partial charge is 0.495 e. The van der Waals surface area contributed by atoms with Crippen molar-refractivity contribution >= 4 is 21.6 Å². The van der Waals surface area contributed by atoms with Gasteiger partial charge in [0.2, 0.25) is 0 Å². The van der Waals surface area contributed by atoms with E-state index in [0.29, 0.717) is 43.3 Å². The third-order valence-electron chi connectivity index (χ3n) is 4.04. The molecule has 0 unspecified atom stereocenters. The van der Waals surface area contributed by atoms with Crippen LogP contribution in [0.25, 0.3) is 0 Å². The van der Waals surface area contributed by atoms with E-state index in [-0.39, 0.29) is 10.8 Å². The van der Waals surface area contributed by atoms with Gasteiger partial charge in [-0.1, -0.05) is 18.2 Å². The Labute approximate surface area is 152 Å². The quantitative estimate of drug-likeness (QED) is 0.862. The highest BCUT2D eigenvalue weighted by molar-refractivity contribution is 7.92. The topological polar surface area (TPSA) is 84.9 Å². The minimum Gasteiger partial charge on any atom is -0.495 e. The Balaban J connectivity index is 1.85. The summed E-state index contributed by atoms with van der Waals surface area (Å²) in [5, 5.41) is 0. The second-order valence-electron chi connectivity index (χ2n) is 5.74. The molecular weight excluding hydrogens is 356 g/mol. The Morgan fingerprint density at radius 1 is 1.12 bits per heavy atom. The Kier molecular flexibility index (Phi) is 5.43. The van der Waals surface area contributed by atoms with Gasteiger partial charge in [-0.3, -0.25) is 9.52 Å². The van der Waals surface area contributed by atoms with Gasteiger partial charge in [0, 0.05) is 18.7 Å². The Bertz CT molecular complexity index is 892. The first kappa shape index (κ1) is 18.2. The average Bonchev–Trinajstić information content (AvgIpc) is 2.68. The van der Waals surface area contributed by atoms with Crippen molar-refractivity contribution in [1.82, 2.24) is 4.90 Å². The normalized spacial score (nSPS) is 14.7. The number of methoxy groups -OCH3 is 1. The van der Waals surface area contributed by atoms with Crippen LogP contribution < -0.4 is 9.46 Å². The summed E-state index contributed by atoms with van der Waals surface area (Å²) in [4.78, 5) is 14.2. The van der Waals surface area contributed by atoms with Gasteiger partial charge in [-0.2, -0.15) is 0 Å². The van der Waals surface area contributed by atoms with Crippen molar-refractivity contribution in [2.24, 2.45) is 0 Å². The molecule has 0 spiro atoms. The summed E-state index contributed by atoms with van der Waals surface area (Å²) in [5.41, 5.74) is 0.662. The molecule has 26 heavy (non-hydrogen) atoms. The van der Waals surface area contributed by atoms with Crippen LogP contribution in [0.15, 0.2) is 53.4 Å². The second kappa shape index (κ2) is 7.76. The predicted octanol–water partition coefficient (Wildman–Crippen LogP) is 1.97. The molecule has 3 rings (SSSR count). The first-order chi connectivity index (χ1) is 12.5. The summed E-state index contributed by atoms with van der Waals surface area (Å²) in [7, 11) is -2.39. The minimum atomic E-state index is -3.86. The zero-order valence-electron chi connectivity index (χ0n) is 14.3. The highest BCUT2D eigenvalue weighted by Crippen LogP contribution is 2.26. The highest BCUT2D eigenvalue weighted by atomic mass is 32.2. The van der Waals surface area contributed by atoms with E-state index in [2.05, 4.69) is 4.72 Å². The number of hydrogen-bond donors (Lipinski definition) is 1. The number of sulfonamides is 1. The molecule has 2 aromatic carbocycles. The third-order valence-corrected chi connectivity index (χ3v) is 5.40. The van der Waals surface area contributed by atoms with Gasteiger partial charge < -0.3 is 14.4 Å². The number of amides is 1. The predicted molar refractivity (Wildman–Crippen MR) is 97.0 cm³/mol. The number of hydrogen-bond acceptors (Lipinski definition) is 5. The molecule has 1 saturated heterocycles. The molecule has 0 aliphatic carbocycles. The minimum absolute atomic E-state index is 0.0162. The maximum atomic E-state index is 12.7. The standard InChI is InChI=1S/C18H20N2O5S/c1-24-17-8-3-2-7-16(17)19-26(22,23)15-6-4-5-14(13-15)18(21)20-9-11-25-12-10-20/h2-8,13,19H,9-12H2,1H3. The molecular formula is C18H20N2O5S. The van der Waals surface area contributed by atoms with E-state index >= 15 is 0 Å². The molecule has 0 radical (unpaired) electrons. The van der Waals surface area contributed by atoms with Gasteiger partial charge in [-0.15, -0.1) is 0 Å². The van der Waals surface area contributed by atoms with E-state index in [0.717, 1.165) is 0 Å². The average molecular weight is 376 g/mol. The van der Waals surface area contributed by atoms with Crippen LogP contribution in [-0.2, 0) is 14.8 Å². The van der Waals surface area contributed by atoms with E-state index in [1.54, 1.807) is 41.3 Å². The molecule has 0 atom stereocenters. The Morgan fingerprint density at radius 3 is 2.58 bits per heavy atom. The number of para-hydroxylation sites is 2. The number of nitrogens with zero attached hydrogens (tertiary/aromatic N) is 1. The van der Waals surface area contributed by atoms with E-state index < -0.39 is 10.0 Å². The Hall–Kier alpha value is -2.58. The SMILES string of the molecule is COc1ccccc1NS(=O)(=O)c1cccc(C(=O)N2CCOCC2)c1. The first-order valence-electron chi connectivity index (χ1n) is 8.14. The molecule has 1 amide bonds. The van der Waals surface area contributed by atoms with Gasteiger partial charge in [0.1, 0.15) is 5.75 Å². The smallest absolute Gasteiger partial charge is 0.262 e. The maximum Gasteiger partial charge on any atom is 0.262 e. The monoisotopic (exact) mass is 376 g/mol. The van der Waals surface area contributed by atoms with Crippen molar-refractivity contribution in [2.75, 3.05) is 38.1 Å². The van der Waals surface area contributed by atoms with Crippen LogP contribution in [0, 0.1) is 0 Å². The lowest BCUT2D eigenvalue weighted by atomic mass is 10.2.